The van der Waals surface area contributed by atoms with Crippen LogP contribution in [0.25, 0.3) is 0 Å². The van der Waals surface area contributed by atoms with Crippen LogP contribution in [0.5, 0.6) is 0 Å². The molecule has 1 radical (unpaired) electrons. The van der Waals surface area contributed by atoms with E-state index in [-0.39, 0.29) is 0 Å². The number of hydrogen-bond donors (Lipinski definition) is 0. The maximum atomic E-state index is 4.97. The zero-order chi connectivity index (χ0) is 9.61. The first-order valence-corrected chi connectivity index (χ1v) is 9.33. The van der Waals surface area contributed by atoms with Crippen LogP contribution >= 0.6 is 40.4 Å². The summed E-state index contributed by atoms with van der Waals surface area (Å²) >= 11 is 0. The normalized spacial score (nSPS) is 11.4. The van der Waals surface area contributed by atoms with E-state index in [9.17, 15) is 0 Å². The van der Waals surface area contributed by atoms with E-state index in [1.54, 1.807) is 0 Å². The Bertz CT molecular complexity index is 200. The summed E-state index contributed by atoms with van der Waals surface area (Å²) in [6, 6.07) is 9.87. The van der Waals surface area contributed by atoms with Gasteiger partial charge in [-0.2, -0.15) is 0 Å². The molecule has 0 nitrogen and oxygen atoms in total. The number of halogens is 4. The molecule has 1 aromatic carbocycles. The summed E-state index contributed by atoms with van der Waals surface area (Å²) in [6.45, 7) is 3.72. The fourth-order valence-corrected chi connectivity index (χ4v) is 0.478. The van der Waals surface area contributed by atoms with Crippen molar-refractivity contribution in [2.75, 3.05) is 0 Å². The fraction of sp³-hybridized carbons (Fsp3) is 0. The van der Waals surface area contributed by atoms with Gasteiger partial charge in [0.2, 0.25) is 0 Å². The van der Waals surface area contributed by atoms with Gasteiger partial charge in [-0.3, -0.25) is 0 Å². The molecule has 0 N–H and O–H groups in total. The van der Waals surface area contributed by atoms with E-state index in [1.165, 1.54) is 0 Å². The second-order valence-electron chi connectivity index (χ2n) is 1.81. The van der Waals surface area contributed by atoms with Crippen molar-refractivity contribution in [1.29, 1.82) is 0 Å². The Morgan fingerprint density at radius 2 is 1.25 bits per heavy atom. The van der Waals surface area contributed by atoms with E-state index < -0.39 is 9.20 Å². The van der Waals surface area contributed by atoms with Gasteiger partial charge in [0.1, 0.15) is 0 Å². The molecule has 0 spiro atoms. The summed E-state index contributed by atoms with van der Waals surface area (Å²) in [4.78, 5) is 0. The van der Waals surface area contributed by atoms with Crippen molar-refractivity contribution in [3.8, 4) is 0 Å². The summed E-state index contributed by atoms with van der Waals surface area (Å²) in [5.41, 5.74) is 1.07. The van der Waals surface area contributed by atoms with Crippen LogP contribution in [0.3, 0.4) is 0 Å². The Kier molecular flexibility index (Phi) is 6.85. The van der Waals surface area contributed by atoms with E-state index in [4.69, 9.17) is 40.4 Å². The molecule has 0 unspecified atom stereocenters. The maximum absolute atomic E-state index is 4.97. The number of rotatable bonds is 0. The topological polar surface area (TPSA) is 0 Å². The van der Waals surface area contributed by atoms with Crippen LogP contribution < -0.4 is 0 Å². The molecule has 12 heavy (non-hydrogen) atoms. The predicted octanol–water partition coefficient (Wildman–Crippen LogP) is 4.62. The van der Waals surface area contributed by atoms with Crippen molar-refractivity contribution < 1.29 is 9.20 Å². The number of benzene rings is 1. The molecule has 0 bridgehead atoms. The van der Waals surface area contributed by atoms with Gasteiger partial charge in [0.25, 0.3) is 0 Å². The first-order chi connectivity index (χ1) is 5.39. The van der Waals surface area contributed by atoms with Gasteiger partial charge >= 0.3 is 49.6 Å². The van der Waals surface area contributed by atoms with Crippen molar-refractivity contribution in [3.05, 3.63) is 42.8 Å². The summed E-state index contributed by atoms with van der Waals surface area (Å²) in [5, 5.41) is 0. The quantitative estimate of drug-likeness (QED) is 0.611. The Morgan fingerprint density at radius 1 is 0.917 bits per heavy atom. The van der Waals surface area contributed by atoms with Gasteiger partial charge in [-0.15, -0.1) is 0 Å². The summed E-state index contributed by atoms with van der Waals surface area (Å²) in [6.07, 6.45) is 0. The van der Waals surface area contributed by atoms with Gasteiger partial charge in [0.05, 0.1) is 0 Å². The van der Waals surface area contributed by atoms with Crippen LogP contribution in [-0.2, 0) is 9.20 Å². The third-order valence-corrected chi connectivity index (χ3v) is 0.843. The second-order valence-corrected chi connectivity index (χ2v) is 13.5. The van der Waals surface area contributed by atoms with Crippen LogP contribution in [0, 0.1) is 6.92 Å². The molecule has 0 saturated carbocycles. The van der Waals surface area contributed by atoms with Gasteiger partial charge in [-0.1, -0.05) is 30.3 Å². The Labute approximate surface area is 91.9 Å². The SMILES string of the molecule is [CH2]c1ccccc1.[Cl][Mn]([Cl])([Cl])[Cl]. The average molecular weight is 288 g/mol. The van der Waals surface area contributed by atoms with Gasteiger partial charge in [-0.05, 0) is 12.5 Å². The zero-order valence-corrected chi connectivity index (χ0v) is 10.2. The van der Waals surface area contributed by atoms with Crippen LogP contribution in [0.2, 0.25) is 0 Å². The van der Waals surface area contributed by atoms with Crippen molar-refractivity contribution in [3.63, 3.8) is 0 Å². The zero-order valence-electron chi connectivity index (χ0n) is 5.98. The monoisotopic (exact) mass is 286 g/mol. The summed E-state index contributed by atoms with van der Waals surface area (Å²) < 4.78 is 0. The fourth-order valence-electron chi connectivity index (χ4n) is 0.478. The molecule has 0 fully saturated rings. The standard InChI is InChI=1S/C7H7.4ClH.Mn/c1-7-5-3-2-4-6-7;;;;;/h2-6H,1H2;4*1H;/q;;;;;+4/p-4. The molecule has 0 atom stereocenters. The molecule has 0 aliphatic rings. The van der Waals surface area contributed by atoms with Crippen LogP contribution in [0.4, 0.5) is 0 Å². The summed E-state index contributed by atoms with van der Waals surface area (Å²) in [5.74, 6) is 0. The molecule has 5 heteroatoms. The third kappa shape index (κ3) is 13.5. The van der Waals surface area contributed by atoms with Crippen LogP contribution in [-0.4, -0.2) is 0 Å². The molecule has 0 heterocycles. The Balaban J connectivity index is 0.000000217. The Hall–Kier alpha value is 0.899. The van der Waals surface area contributed by atoms with Crippen molar-refractivity contribution in [1.82, 2.24) is 0 Å². The first kappa shape index (κ1) is 12.9. The molecule has 1 rings (SSSR count). The van der Waals surface area contributed by atoms with Crippen molar-refractivity contribution in [2.45, 2.75) is 0 Å². The van der Waals surface area contributed by atoms with Gasteiger partial charge < -0.3 is 0 Å². The van der Waals surface area contributed by atoms with Crippen molar-refractivity contribution in [2.24, 2.45) is 0 Å². The predicted molar refractivity (Wildman–Crippen MR) is 54.3 cm³/mol. The third-order valence-electron chi connectivity index (χ3n) is 0.843. The van der Waals surface area contributed by atoms with Gasteiger partial charge in [0, 0.05) is 0 Å². The minimum absolute atomic E-state index is 1.07. The van der Waals surface area contributed by atoms with Crippen molar-refractivity contribution >= 4 is 40.4 Å². The number of hydrogen-bond acceptors (Lipinski definition) is 0. The van der Waals surface area contributed by atoms with Crippen LogP contribution in [0.15, 0.2) is 30.3 Å². The first-order valence-electron chi connectivity index (χ1n) is 2.84. The molecule has 0 saturated heterocycles. The van der Waals surface area contributed by atoms with E-state index in [0.717, 1.165) is 5.56 Å². The molecule has 0 aliphatic heterocycles. The molecular formula is C7H7Cl4Mn. The van der Waals surface area contributed by atoms with E-state index in [0.29, 0.717) is 0 Å². The molecule has 1 aromatic rings. The molecule has 0 aromatic heterocycles. The van der Waals surface area contributed by atoms with Gasteiger partial charge in [0.15, 0.2) is 0 Å². The van der Waals surface area contributed by atoms with Gasteiger partial charge in [-0.25, -0.2) is 0 Å². The average Bonchev–Trinajstić information content (AvgIpc) is 1.85. The Morgan fingerprint density at radius 3 is 1.42 bits per heavy atom. The summed E-state index contributed by atoms with van der Waals surface area (Å²) in [7, 11) is 17.1. The van der Waals surface area contributed by atoms with E-state index in [1.807, 2.05) is 30.3 Å². The molecule has 0 aliphatic carbocycles. The minimum atomic E-state index is -2.74. The van der Waals surface area contributed by atoms with E-state index >= 15 is 0 Å². The van der Waals surface area contributed by atoms with Crippen LogP contribution in [0.1, 0.15) is 5.56 Å². The molecule has 70 valence electrons. The second kappa shape index (κ2) is 6.37. The van der Waals surface area contributed by atoms with E-state index in [2.05, 4.69) is 6.92 Å². The molecule has 0 amide bonds. The molecular weight excluding hydrogens is 281 g/mol.